The molecular formula is C16H18ClNO2. The Morgan fingerprint density at radius 1 is 1.15 bits per heavy atom. The number of aryl methyl sites for hydroxylation is 1. The highest BCUT2D eigenvalue weighted by molar-refractivity contribution is 6.33. The molecule has 0 atom stereocenters. The second kappa shape index (κ2) is 6.14. The Hall–Kier alpha value is -1.74. The zero-order chi connectivity index (χ0) is 14.7. The fraction of sp³-hybridized carbons (Fsp3) is 0.312. The molecule has 106 valence electrons. The summed E-state index contributed by atoms with van der Waals surface area (Å²) in [6, 6.07) is 9.85. The van der Waals surface area contributed by atoms with E-state index in [9.17, 15) is 4.79 Å². The Kier molecular flexibility index (Phi) is 4.50. The van der Waals surface area contributed by atoms with Gasteiger partial charge in [-0.3, -0.25) is 0 Å². The summed E-state index contributed by atoms with van der Waals surface area (Å²) >= 11 is 6.22. The Balaban J connectivity index is 2.79. The van der Waals surface area contributed by atoms with Gasteiger partial charge >= 0.3 is 5.63 Å². The molecule has 0 fully saturated rings. The van der Waals surface area contributed by atoms with Gasteiger partial charge in [-0.2, -0.15) is 0 Å². The first-order chi connectivity index (χ1) is 9.60. The van der Waals surface area contributed by atoms with E-state index in [4.69, 9.17) is 16.0 Å². The van der Waals surface area contributed by atoms with Gasteiger partial charge in [-0.15, -0.1) is 0 Å². The lowest BCUT2D eigenvalue weighted by molar-refractivity contribution is 0.482. The molecule has 0 spiro atoms. The Morgan fingerprint density at radius 2 is 1.75 bits per heavy atom. The maximum absolute atomic E-state index is 11.9. The van der Waals surface area contributed by atoms with Crippen molar-refractivity contribution in [3.05, 3.63) is 51.5 Å². The first kappa shape index (κ1) is 14.7. The number of hydrogen-bond acceptors (Lipinski definition) is 3. The van der Waals surface area contributed by atoms with Crippen LogP contribution in [0.4, 0.5) is 5.69 Å². The van der Waals surface area contributed by atoms with Gasteiger partial charge < -0.3 is 9.32 Å². The minimum atomic E-state index is -0.481. The van der Waals surface area contributed by atoms with Crippen molar-refractivity contribution >= 4 is 17.3 Å². The summed E-state index contributed by atoms with van der Waals surface area (Å²) < 4.78 is 5.26. The zero-order valence-corrected chi connectivity index (χ0v) is 12.7. The first-order valence-corrected chi connectivity index (χ1v) is 7.11. The topological polar surface area (TPSA) is 33.5 Å². The van der Waals surface area contributed by atoms with Crippen LogP contribution in [0.15, 0.2) is 39.5 Å². The molecule has 4 heteroatoms. The zero-order valence-electron chi connectivity index (χ0n) is 11.9. The molecule has 2 rings (SSSR count). The van der Waals surface area contributed by atoms with Crippen molar-refractivity contribution in [3.8, 4) is 11.1 Å². The van der Waals surface area contributed by atoms with Crippen molar-refractivity contribution in [2.75, 3.05) is 18.0 Å². The molecule has 3 nitrogen and oxygen atoms in total. The lowest BCUT2D eigenvalue weighted by atomic mass is 10.0. The van der Waals surface area contributed by atoms with E-state index in [1.54, 1.807) is 6.92 Å². The fourth-order valence-corrected chi connectivity index (χ4v) is 2.64. The summed E-state index contributed by atoms with van der Waals surface area (Å²) in [5.41, 5.74) is 2.17. The van der Waals surface area contributed by atoms with Gasteiger partial charge in [0.2, 0.25) is 0 Å². The minimum Gasteiger partial charge on any atom is -0.426 e. The van der Waals surface area contributed by atoms with E-state index in [1.807, 2.05) is 44.2 Å². The van der Waals surface area contributed by atoms with Crippen molar-refractivity contribution in [2.24, 2.45) is 0 Å². The highest BCUT2D eigenvalue weighted by atomic mass is 35.5. The second-order valence-corrected chi connectivity index (χ2v) is 4.90. The number of benzene rings is 1. The van der Waals surface area contributed by atoms with Crippen molar-refractivity contribution in [1.29, 1.82) is 0 Å². The van der Waals surface area contributed by atoms with Gasteiger partial charge in [0.05, 0.1) is 5.69 Å². The van der Waals surface area contributed by atoms with Gasteiger partial charge in [-0.05, 0) is 26.3 Å². The summed E-state index contributed by atoms with van der Waals surface area (Å²) in [6.45, 7) is 7.43. The van der Waals surface area contributed by atoms with Crippen LogP contribution in [0.2, 0.25) is 5.02 Å². The number of hydrogen-bond donors (Lipinski definition) is 0. The maximum atomic E-state index is 11.9. The molecule has 1 aromatic heterocycles. The molecule has 1 aromatic carbocycles. The van der Waals surface area contributed by atoms with Crippen LogP contribution in [0.3, 0.4) is 0 Å². The summed E-state index contributed by atoms with van der Waals surface area (Å²) in [5.74, 6) is 0.590. The summed E-state index contributed by atoms with van der Waals surface area (Å²) in [7, 11) is 0. The average Bonchev–Trinajstić information content (AvgIpc) is 2.46. The Bertz CT molecular complexity index is 646. The predicted octanol–water partition coefficient (Wildman–Crippen LogP) is 4.11. The van der Waals surface area contributed by atoms with Crippen LogP contribution >= 0.6 is 11.6 Å². The maximum Gasteiger partial charge on any atom is 0.357 e. The fourth-order valence-electron chi connectivity index (χ4n) is 2.39. The molecule has 0 aliphatic heterocycles. The molecule has 1 heterocycles. The molecule has 2 aromatic rings. The Morgan fingerprint density at radius 3 is 2.30 bits per heavy atom. The van der Waals surface area contributed by atoms with E-state index in [-0.39, 0.29) is 5.02 Å². The van der Waals surface area contributed by atoms with Crippen LogP contribution in [0.5, 0.6) is 0 Å². The van der Waals surface area contributed by atoms with E-state index in [0.717, 1.165) is 29.9 Å². The van der Waals surface area contributed by atoms with Gasteiger partial charge in [0.25, 0.3) is 0 Å². The highest BCUT2D eigenvalue weighted by Crippen LogP contribution is 2.37. The highest BCUT2D eigenvalue weighted by Gasteiger charge is 2.21. The van der Waals surface area contributed by atoms with Gasteiger partial charge in [-0.1, -0.05) is 41.9 Å². The van der Waals surface area contributed by atoms with Crippen LogP contribution in [0.25, 0.3) is 11.1 Å². The molecule has 20 heavy (non-hydrogen) atoms. The van der Waals surface area contributed by atoms with E-state index in [0.29, 0.717) is 5.76 Å². The molecule has 0 aliphatic rings. The third kappa shape index (κ3) is 2.59. The van der Waals surface area contributed by atoms with E-state index in [1.165, 1.54) is 0 Å². The lowest BCUT2D eigenvalue weighted by Crippen LogP contribution is -2.25. The average molecular weight is 292 g/mol. The van der Waals surface area contributed by atoms with Crippen LogP contribution < -0.4 is 10.5 Å². The minimum absolute atomic E-state index is 0.151. The smallest absolute Gasteiger partial charge is 0.357 e. The van der Waals surface area contributed by atoms with Crippen molar-refractivity contribution < 1.29 is 4.42 Å². The number of rotatable bonds is 4. The van der Waals surface area contributed by atoms with Crippen LogP contribution in [-0.4, -0.2) is 13.1 Å². The predicted molar refractivity (Wildman–Crippen MR) is 83.7 cm³/mol. The summed E-state index contributed by atoms with van der Waals surface area (Å²) in [6.07, 6.45) is 0. The SMILES string of the molecule is CCN(CC)c1c(-c2ccccc2)c(C)oc(=O)c1Cl. The molecule has 0 bridgehead atoms. The number of halogens is 1. The van der Waals surface area contributed by atoms with Crippen LogP contribution in [0.1, 0.15) is 19.6 Å². The molecule has 0 saturated carbocycles. The van der Waals surface area contributed by atoms with Crippen molar-refractivity contribution in [1.82, 2.24) is 0 Å². The normalized spacial score (nSPS) is 10.6. The monoisotopic (exact) mass is 291 g/mol. The molecule has 0 aliphatic carbocycles. The van der Waals surface area contributed by atoms with Crippen molar-refractivity contribution in [2.45, 2.75) is 20.8 Å². The molecule has 0 unspecified atom stereocenters. The third-order valence-electron chi connectivity index (χ3n) is 3.36. The summed E-state index contributed by atoms with van der Waals surface area (Å²) in [4.78, 5) is 13.9. The quantitative estimate of drug-likeness (QED) is 0.850. The van der Waals surface area contributed by atoms with Crippen LogP contribution in [-0.2, 0) is 0 Å². The molecule has 0 N–H and O–H groups in total. The lowest BCUT2D eigenvalue weighted by Gasteiger charge is -2.25. The molecular weight excluding hydrogens is 274 g/mol. The first-order valence-electron chi connectivity index (χ1n) is 6.73. The second-order valence-electron chi connectivity index (χ2n) is 4.52. The largest absolute Gasteiger partial charge is 0.426 e. The van der Waals surface area contributed by atoms with E-state index in [2.05, 4.69) is 4.90 Å². The van der Waals surface area contributed by atoms with Gasteiger partial charge in [0.15, 0.2) is 0 Å². The molecule has 0 saturated heterocycles. The standard InChI is InChI=1S/C16H18ClNO2/c1-4-18(5-2)15-13(12-9-7-6-8-10-12)11(3)20-16(19)14(15)17/h6-10H,4-5H2,1-3H3. The van der Waals surface area contributed by atoms with Crippen molar-refractivity contribution in [3.63, 3.8) is 0 Å². The van der Waals surface area contributed by atoms with E-state index < -0.39 is 5.63 Å². The van der Waals surface area contributed by atoms with Gasteiger partial charge in [-0.25, -0.2) is 4.79 Å². The third-order valence-corrected chi connectivity index (χ3v) is 3.70. The Labute approximate surface area is 123 Å². The molecule has 0 radical (unpaired) electrons. The summed E-state index contributed by atoms with van der Waals surface area (Å²) in [5, 5.41) is 0.151. The molecule has 0 amide bonds. The van der Waals surface area contributed by atoms with E-state index >= 15 is 0 Å². The van der Waals surface area contributed by atoms with Gasteiger partial charge in [0.1, 0.15) is 10.8 Å². The van der Waals surface area contributed by atoms with Crippen LogP contribution in [0, 0.1) is 6.92 Å². The number of nitrogens with zero attached hydrogens (tertiary/aromatic N) is 1. The van der Waals surface area contributed by atoms with Gasteiger partial charge in [0, 0.05) is 18.7 Å². The number of anilines is 1.